The molecule has 0 bridgehead atoms. The summed E-state index contributed by atoms with van der Waals surface area (Å²) in [7, 11) is 0. The molecule has 3 aromatic carbocycles. The number of rotatable bonds is 4. The Hall–Kier alpha value is -3.46. The first-order valence-electron chi connectivity index (χ1n) is 8.08. The molecule has 0 fully saturated rings. The first kappa shape index (κ1) is 16.4. The van der Waals surface area contributed by atoms with Gasteiger partial charge in [-0.3, -0.25) is 0 Å². The van der Waals surface area contributed by atoms with Crippen LogP contribution in [0.2, 0.25) is 0 Å². The van der Waals surface area contributed by atoms with Crippen LogP contribution in [0.5, 0.6) is 0 Å². The maximum absolute atomic E-state index is 6.11. The van der Waals surface area contributed by atoms with Crippen molar-refractivity contribution in [2.45, 2.75) is 0 Å². The van der Waals surface area contributed by atoms with Gasteiger partial charge in [0.25, 0.3) is 0 Å². The van der Waals surface area contributed by atoms with E-state index in [0.717, 1.165) is 27.9 Å². The number of para-hydroxylation sites is 1. The van der Waals surface area contributed by atoms with E-state index < -0.39 is 0 Å². The lowest BCUT2D eigenvalue weighted by molar-refractivity contribution is 1.59. The molecule has 3 rings (SSSR count). The Balaban J connectivity index is 1.91. The third kappa shape index (κ3) is 4.09. The molecule has 124 valence electrons. The Bertz CT molecular complexity index is 925. The van der Waals surface area contributed by atoms with Crippen LogP contribution in [0.15, 0.2) is 66.7 Å². The minimum atomic E-state index is 0.639. The van der Waals surface area contributed by atoms with Gasteiger partial charge in [0, 0.05) is 17.1 Å². The second kappa shape index (κ2) is 7.41. The lowest BCUT2D eigenvalue weighted by atomic mass is 10.0. The fraction of sp³-hybridized carbons (Fsp3) is 0. The Morgan fingerprint density at radius 1 is 0.480 bits per heavy atom. The van der Waals surface area contributed by atoms with Crippen LogP contribution in [0, 0.1) is 0 Å². The van der Waals surface area contributed by atoms with Crippen molar-refractivity contribution in [3.8, 4) is 0 Å². The molecular weight excluding hydrogens is 306 g/mol. The lowest BCUT2D eigenvalue weighted by Gasteiger charge is -2.07. The molecule has 0 aliphatic heterocycles. The number of nitrogens with two attached hydrogens (primary N) is 3. The molecular formula is C22H21N3. The van der Waals surface area contributed by atoms with Crippen molar-refractivity contribution >= 4 is 41.4 Å². The van der Waals surface area contributed by atoms with Crippen LogP contribution in [0.25, 0.3) is 24.3 Å². The quantitative estimate of drug-likeness (QED) is 0.477. The minimum Gasteiger partial charge on any atom is -0.398 e. The van der Waals surface area contributed by atoms with Crippen LogP contribution in [-0.4, -0.2) is 0 Å². The minimum absolute atomic E-state index is 0.639. The molecule has 0 saturated heterocycles. The molecule has 0 aromatic heterocycles. The smallest absolute Gasteiger partial charge is 0.0408 e. The molecule has 0 unspecified atom stereocenters. The fourth-order valence-electron chi connectivity index (χ4n) is 2.55. The standard InChI is InChI=1S/C22H21N3/c23-20-9-5-4-8-17(20)12-13-19-14-18(21(24)15-22(19)25)11-10-16-6-2-1-3-7-16/h1-15H,23-25H2/b11-10+,13-12+. The summed E-state index contributed by atoms with van der Waals surface area (Å²) in [5.41, 5.74) is 24.1. The van der Waals surface area contributed by atoms with Gasteiger partial charge in [0.05, 0.1) is 0 Å². The van der Waals surface area contributed by atoms with Crippen molar-refractivity contribution in [2.24, 2.45) is 0 Å². The van der Waals surface area contributed by atoms with E-state index in [1.807, 2.05) is 85.0 Å². The number of hydrogen-bond acceptors (Lipinski definition) is 3. The van der Waals surface area contributed by atoms with Gasteiger partial charge < -0.3 is 17.2 Å². The summed E-state index contributed by atoms with van der Waals surface area (Å²) in [4.78, 5) is 0. The number of nitrogen functional groups attached to an aromatic ring is 3. The Morgan fingerprint density at radius 2 is 1.04 bits per heavy atom. The predicted molar refractivity (Wildman–Crippen MR) is 110 cm³/mol. The molecule has 6 N–H and O–H groups in total. The molecule has 3 aromatic rings. The molecule has 0 aliphatic carbocycles. The van der Waals surface area contributed by atoms with Crippen LogP contribution in [0.4, 0.5) is 17.1 Å². The average Bonchev–Trinajstić information content (AvgIpc) is 2.62. The van der Waals surface area contributed by atoms with Gasteiger partial charge in [0.2, 0.25) is 0 Å². The van der Waals surface area contributed by atoms with Crippen molar-refractivity contribution in [1.29, 1.82) is 0 Å². The van der Waals surface area contributed by atoms with Gasteiger partial charge >= 0.3 is 0 Å². The van der Waals surface area contributed by atoms with E-state index in [-0.39, 0.29) is 0 Å². The molecule has 0 atom stereocenters. The van der Waals surface area contributed by atoms with Gasteiger partial charge in [-0.25, -0.2) is 0 Å². The maximum Gasteiger partial charge on any atom is 0.0408 e. The van der Waals surface area contributed by atoms with Crippen LogP contribution in [0.1, 0.15) is 22.3 Å². The first-order valence-corrected chi connectivity index (χ1v) is 8.08. The van der Waals surface area contributed by atoms with Gasteiger partial charge in [-0.1, -0.05) is 72.8 Å². The number of benzene rings is 3. The Labute approximate surface area is 148 Å². The zero-order valence-corrected chi connectivity index (χ0v) is 13.9. The zero-order valence-electron chi connectivity index (χ0n) is 13.9. The molecule has 0 aliphatic rings. The Morgan fingerprint density at radius 3 is 1.72 bits per heavy atom. The van der Waals surface area contributed by atoms with Crippen LogP contribution >= 0.6 is 0 Å². The third-order valence-corrected chi connectivity index (χ3v) is 3.98. The highest BCUT2D eigenvalue weighted by Gasteiger charge is 2.02. The van der Waals surface area contributed by atoms with E-state index in [0.29, 0.717) is 11.4 Å². The molecule has 0 heterocycles. The number of anilines is 3. The topological polar surface area (TPSA) is 78.1 Å². The molecule has 3 nitrogen and oxygen atoms in total. The van der Waals surface area contributed by atoms with Crippen molar-refractivity contribution in [3.05, 3.63) is 89.0 Å². The molecule has 0 saturated carbocycles. The van der Waals surface area contributed by atoms with Crippen molar-refractivity contribution in [2.75, 3.05) is 17.2 Å². The highest BCUT2D eigenvalue weighted by molar-refractivity contribution is 5.85. The highest BCUT2D eigenvalue weighted by Crippen LogP contribution is 2.25. The van der Waals surface area contributed by atoms with Crippen LogP contribution in [0.3, 0.4) is 0 Å². The van der Waals surface area contributed by atoms with Crippen molar-refractivity contribution < 1.29 is 0 Å². The molecule has 3 heteroatoms. The van der Waals surface area contributed by atoms with E-state index in [1.165, 1.54) is 0 Å². The summed E-state index contributed by atoms with van der Waals surface area (Å²) < 4.78 is 0. The largest absolute Gasteiger partial charge is 0.398 e. The summed E-state index contributed by atoms with van der Waals surface area (Å²) in [6, 6.07) is 21.6. The lowest BCUT2D eigenvalue weighted by Crippen LogP contribution is -1.96. The summed E-state index contributed by atoms with van der Waals surface area (Å²) in [5.74, 6) is 0. The number of hydrogen-bond donors (Lipinski definition) is 3. The highest BCUT2D eigenvalue weighted by atomic mass is 14.6. The van der Waals surface area contributed by atoms with Gasteiger partial charge in [0.1, 0.15) is 0 Å². The average molecular weight is 327 g/mol. The van der Waals surface area contributed by atoms with Gasteiger partial charge in [-0.2, -0.15) is 0 Å². The monoisotopic (exact) mass is 327 g/mol. The second-order valence-electron chi connectivity index (χ2n) is 5.82. The summed E-state index contributed by atoms with van der Waals surface area (Å²) in [6.45, 7) is 0. The normalized spacial score (nSPS) is 11.4. The van der Waals surface area contributed by atoms with Crippen LogP contribution < -0.4 is 17.2 Å². The summed E-state index contributed by atoms with van der Waals surface area (Å²) in [5, 5.41) is 0. The van der Waals surface area contributed by atoms with E-state index >= 15 is 0 Å². The van der Waals surface area contributed by atoms with E-state index in [2.05, 4.69) is 0 Å². The van der Waals surface area contributed by atoms with E-state index in [4.69, 9.17) is 17.2 Å². The maximum atomic E-state index is 6.11. The van der Waals surface area contributed by atoms with Crippen molar-refractivity contribution in [1.82, 2.24) is 0 Å². The molecule has 0 spiro atoms. The predicted octanol–water partition coefficient (Wildman–Crippen LogP) is 4.77. The molecule has 25 heavy (non-hydrogen) atoms. The van der Waals surface area contributed by atoms with E-state index in [1.54, 1.807) is 6.07 Å². The van der Waals surface area contributed by atoms with Gasteiger partial charge in [-0.15, -0.1) is 0 Å². The SMILES string of the molecule is Nc1ccccc1/C=C/c1cc(/C=C/c2ccccc2)c(N)cc1N. The zero-order chi connectivity index (χ0) is 17.6. The van der Waals surface area contributed by atoms with Gasteiger partial charge in [0.15, 0.2) is 0 Å². The third-order valence-electron chi connectivity index (χ3n) is 3.98. The Kier molecular flexibility index (Phi) is 4.86. The molecule has 0 radical (unpaired) electrons. The fourth-order valence-corrected chi connectivity index (χ4v) is 2.55. The van der Waals surface area contributed by atoms with Gasteiger partial charge in [-0.05, 0) is 40.5 Å². The summed E-state index contributed by atoms with van der Waals surface area (Å²) >= 11 is 0. The second-order valence-corrected chi connectivity index (χ2v) is 5.82. The summed E-state index contributed by atoms with van der Waals surface area (Å²) in [6.07, 6.45) is 7.95. The van der Waals surface area contributed by atoms with Crippen molar-refractivity contribution in [3.63, 3.8) is 0 Å². The van der Waals surface area contributed by atoms with Crippen LogP contribution in [-0.2, 0) is 0 Å². The first-order chi connectivity index (χ1) is 12.1. The van der Waals surface area contributed by atoms with E-state index in [9.17, 15) is 0 Å². The molecule has 0 amide bonds.